The average molecular weight is 347 g/mol. The Morgan fingerprint density at radius 3 is 2.64 bits per heavy atom. The highest BCUT2D eigenvalue weighted by Gasteiger charge is 2.24. The largest absolute Gasteiger partial charge is 0.340 e. The van der Waals surface area contributed by atoms with Crippen LogP contribution < -0.4 is 5.32 Å². The predicted octanol–water partition coefficient (Wildman–Crippen LogP) is 3.66. The minimum atomic E-state index is -2.70. The van der Waals surface area contributed by atoms with E-state index in [1.165, 1.54) is 0 Å². The number of carbonyl (C=O) groups is 1. The number of rotatable bonds is 5. The zero-order valence-corrected chi connectivity index (χ0v) is 14.1. The highest BCUT2D eigenvalue weighted by molar-refractivity contribution is 5.92. The van der Waals surface area contributed by atoms with Crippen molar-refractivity contribution >= 4 is 16.9 Å². The Balaban J connectivity index is 1.85. The van der Waals surface area contributed by atoms with Crippen molar-refractivity contribution in [1.29, 1.82) is 0 Å². The van der Waals surface area contributed by atoms with Gasteiger partial charge in [-0.25, -0.2) is 13.8 Å². The van der Waals surface area contributed by atoms with Gasteiger partial charge in [-0.15, -0.1) is 0 Å². The normalized spacial score (nSPS) is 12.9. The van der Waals surface area contributed by atoms with Gasteiger partial charge in [0.05, 0.1) is 17.1 Å². The number of amides is 1. The molecule has 25 heavy (non-hydrogen) atoms. The molecule has 0 aliphatic heterocycles. The lowest BCUT2D eigenvalue weighted by Gasteiger charge is -2.19. The van der Waals surface area contributed by atoms with Crippen LogP contribution in [0.15, 0.2) is 24.3 Å². The van der Waals surface area contributed by atoms with Crippen LogP contribution in [0.4, 0.5) is 8.78 Å². The van der Waals surface area contributed by atoms with Crippen molar-refractivity contribution in [3.63, 3.8) is 0 Å². The van der Waals surface area contributed by atoms with Gasteiger partial charge in [0, 0.05) is 0 Å². The summed E-state index contributed by atoms with van der Waals surface area (Å²) in [5.41, 5.74) is 2.33. The first-order valence-electron chi connectivity index (χ1n) is 7.95. The van der Waals surface area contributed by atoms with Crippen molar-refractivity contribution < 1.29 is 13.6 Å². The van der Waals surface area contributed by atoms with Crippen molar-refractivity contribution in [3.8, 4) is 0 Å². The molecule has 8 heteroatoms. The second-order valence-electron chi connectivity index (χ2n) is 6.35. The van der Waals surface area contributed by atoms with Gasteiger partial charge in [0.1, 0.15) is 17.2 Å². The number of alkyl halides is 2. The zero-order chi connectivity index (χ0) is 18.1. The summed E-state index contributed by atoms with van der Waals surface area (Å²) in [4.78, 5) is 20.1. The van der Waals surface area contributed by atoms with E-state index < -0.39 is 18.4 Å². The van der Waals surface area contributed by atoms with E-state index in [0.717, 1.165) is 22.7 Å². The quantitative estimate of drug-likeness (QED) is 0.658. The highest BCUT2D eigenvalue weighted by atomic mass is 19.3. The number of aromatic amines is 2. The molecule has 0 spiro atoms. The fraction of sp³-hybridized carbons (Fsp3) is 0.353. The Kier molecular flexibility index (Phi) is 4.52. The first-order chi connectivity index (χ1) is 11.8. The number of carbonyl (C=O) groups excluding carboxylic acids is 1. The maximum absolute atomic E-state index is 12.6. The average Bonchev–Trinajstić information content (AvgIpc) is 3.18. The second-order valence-corrected chi connectivity index (χ2v) is 6.35. The van der Waals surface area contributed by atoms with Crippen molar-refractivity contribution in [2.75, 3.05) is 0 Å². The van der Waals surface area contributed by atoms with Gasteiger partial charge >= 0.3 is 0 Å². The van der Waals surface area contributed by atoms with Gasteiger partial charge in [-0.3, -0.25) is 9.89 Å². The number of imidazole rings is 1. The number of nitrogens with zero attached hydrogens (tertiary/aromatic N) is 2. The van der Waals surface area contributed by atoms with Crippen molar-refractivity contribution in [2.45, 2.75) is 33.2 Å². The third kappa shape index (κ3) is 3.52. The van der Waals surface area contributed by atoms with E-state index in [9.17, 15) is 13.6 Å². The summed E-state index contributed by atoms with van der Waals surface area (Å²) < 4.78 is 25.3. The molecule has 2 aromatic heterocycles. The van der Waals surface area contributed by atoms with Crippen LogP contribution in [-0.4, -0.2) is 26.1 Å². The lowest BCUT2D eigenvalue weighted by Crippen LogP contribution is -2.32. The molecule has 1 atom stereocenters. The number of nitrogens with one attached hydrogen (secondary N) is 3. The first kappa shape index (κ1) is 17.1. The molecule has 0 bridgehead atoms. The van der Waals surface area contributed by atoms with Gasteiger partial charge in [0.25, 0.3) is 12.3 Å². The SMILES string of the molecule is Cc1ccc2nc(C(NC(=O)c3cc(C(F)F)[nH]n3)C(C)C)[nH]c2c1. The Morgan fingerprint density at radius 2 is 2.00 bits per heavy atom. The number of aromatic nitrogens is 4. The topological polar surface area (TPSA) is 86.5 Å². The molecule has 1 amide bonds. The van der Waals surface area contributed by atoms with Crippen LogP contribution in [0, 0.1) is 12.8 Å². The Hall–Kier alpha value is -2.77. The van der Waals surface area contributed by atoms with Crippen LogP contribution in [0.1, 0.15) is 53.9 Å². The number of hydrogen-bond acceptors (Lipinski definition) is 3. The van der Waals surface area contributed by atoms with E-state index >= 15 is 0 Å². The fourth-order valence-corrected chi connectivity index (χ4v) is 2.62. The molecule has 0 aliphatic rings. The van der Waals surface area contributed by atoms with Gasteiger partial charge in [-0.2, -0.15) is 5.10 Å². The van der Waals surface area contributed by atoms with Crippen LogP contribution in [-0.2, 0) is 0 Å². The van der Waals surface area contributed by atoms with Crippen molar-refractivity contribution in [3.05, 3.63) is 47.0 Å². The molecule has 132 valence electrons. The van der Waals surface area contributed by atoms with Crippen molar-refractivity contribution in [1.82, 2.24) is 25.5 Å². The monoisotopic (exact) mass is 347 g/mol. The van der Waals surface area contributed by atoms with Crippen LogP contribution >= 0.6 is 0 Å². The third-order valence-electron chi connectivity index (χ3n) is 3.97. The number of H-pyrrole nitrogens is 2. The fourth-order valence-electron chi connectivity index (χ4n) is 2.62. The summed E-state index contributed by atoms with van der Waals surface area (Å²) in [5, 5.41) is 8.64. The molecule has 2 heterocycles. The van der Waals surface area contributed by atoms with E-state index in [1.807, 2.05) is 39.0 Å². The molecule has 0 saturated heterocycles. The molecule has 6 nitrogen and oxygen atoms in total. The summed E-state index contributed by atoms with van der Waals surface area (Å²) in [6.07, 6.45) is -2.70. The lowest BCUT2D eigenvalue weighted by atomic mass is 10.0. The van der Waals surface area contributed by atoms with E-state index in [2.05, 4.69) is 25.5 Å². The Labute approximate surface area is 143 Å². The number of benzene rings is 1. The molecular weight excluding hydrogens is 328 g/mol. The predicted molar refractivity (Wildman–Crippen MR) is 89.4 cm³/mol. The lowest BCUT2D eigenvalue weighted by molar-refractivity contribution is 0.0918. The van der Waals surface area contributed by atoms with Crippen LogP contribution in [0.25, 0.3) is 11.0 Å². The minimum Gasteiger partial charge on any atom is -0.340 e. The molecule has 0 radical (unpaired) electrons. The number of halogens is 2. The summed E-state index contributed by atoms with van der Waals surface area (Å²) in [7, 11) is 0. The standard InChI is InChI=1S/C17H19F2N5O/c1-8(2)14(16-20-10-5-4-9(3)6-11(10)21-16)22-17(25)13-7-12(15(18)19)23-24-13/h4-8,14-15H,1-3H3,(H,20,21)(H,22,25)(H,23,24). The maximum atomic E-state index is 12.6. The van der Waals surface area contributed by atoms with Gasteiger partial charge < -0.3 is 10.3 Å². The van der Waals surface area contributed by atoms with Gasteiger partial charge in [0.2, 0.25) is 0 Å². The van der Waals surface area contributed by atoms with E-state index in [4.69, 9.17) is 0 Å². The number of fused-ring (bicyclic) bond motifs is 1. The summed E-state index contributed by atoms with van der Waals surface area (Å²) in [6, 6.07) is 6.51. The van der Waals surface area contributed by atoms with Gasteiger partial charge in [0.15, 0.2) is 0 Å². The molecule has 0 fully saturated rings. The minimum absolute atomic E-state index is 0.0409. The smallest absolute Gasteiger partial charge is 0.279 e. The Morgan fingerprint density at radius 1 is 1.24 bits per heavy atom. The van der Waals surface area contributed by atoms with Crippen LogP contribution in [0.3, 0.4) is 0 Å². The van der Waals surface area contributed by atoms with Crippen molar-refractivity contribution in [2.24, 2.45) is 5.92 Å². The highest BCUT2D eigenvalue weighted by Crippen LogP contribution is 2.23. The molecule has 0 aliphatic carbocycles. The molecular formula is C17H19F2N5O. The Bertz CT molecular complexity index is 899. The third-order valence-corrected chi connectivity index (χ3v) is 3.97. The summed E-state index contributed by atoms with van der Waals surface area (Å²) >= 11 is 0. The second kappa shape index (κ2) is 6.62. The van der Waals surface area contributed by atoms with E-state index in [-0.39, 0.29) is 17.3 Å². The molecule has 3 rings (SSSR count). The summed E-state index contributed by atoms with van der Waals surface area (Å²) in [6.45, 7) is 5.87. The first-order valence-corrected chi connectivity index (χ1v) is 7.95. The molecule has 1 unspecified atom stereocenters. The maximum Gasteiger partial charge on any atom is 0.279 e. The molecule has 3 aromatic rings. The molecule has 1 aromatic carbocycles. The van der Waals surface area contributed by atoms with E-state index in [1.54, 1.807) is 0 Å². The molecule has 0 saturated carbocycles. The van der Waals surface area contributed by atoms with Crippen LogP contribution in [0.5, 0.6) is 0 Å². The van der Waals surface area contributed by atoms with Crippen LogP contribution in [0.2, 0.25) is 0 Å². The zero-order valence-electron chi connectivity index (χ0n) is 14.1. The summed E-state index contributed by atoms with van der Waals surface area (Å²) in [5.74, 6) is 0.131. The number of aryl methyl sites for hydroxylation is 1. The van der Waals surface area contributed by atoms with Gasteiger partial charge in [-0.05, 0) is 36.6 Å². The number of hydrogen-bond donors (Lipinski definition) is 3. The van der Waals surface area contributed by atoms with E-state index in [0.29, 0.717) is 5.82 Å². The van der Waals surface area contributed by atoms with Gasteiger partial charge in [-0.1, -0.05) is 19.9 Å². The molecule has 3 N–H and O–H groups in total.